The molecule has 0 aromatic heterocycles. The second-order valence-electron chi connectivity index (χ2n) is 4.93. The summed E-state index contributed by atoms with van der Waals surface area (Å²) in [5, 5.41) is 3.14. The Labute approximate surface area is 106 Å². The molecule has 0 aromatic carbocycles. The van der Waals surface area contributed by atoms with Crippen LogP contribution in [0.25, 0.3) is 0 Å². The Morgan fingerprint density at radius 2 is 2.00 bits per heavy atom. The number of nitrogens with one attached hydrogen (secondary N) is 2. The minimum Gasteiger partial charge on any atom is -0.317 e. The van der Waals surface area contributed by atoms with Crippen LogP contribution in [0.3, 0.4) is 0 Å². The highest BCUT2D eigenvalue weighted by molar-refractivity contribution is 7.89. The second kappa shape index (κ2) is 7.34. The zero-order valence-corrected chi connectivity index (χ0v) is 11.9. The SMILES string of the molecule is CCNCCCS(=O)(=O)NC(CC)CC1CC1. The van der Waals surface area contributed by atoms with E-state index in [1.54, 1.807) is 0 Å². The summed E-state index contributed by atoms with van der Waals surface area (Å²) in [6, 6.07) is 0.145. The molecule has 0 aromatic rings. The molecule has 1 atom stereocenters. The van der Waals surface area contributed by atoms with Gasteiger partial charge >= 0.3 is 0 Å². The van der Waals surface area contributed by atoms with E-state index in [1.807, 2.05) is 13.8 Å². The Morgan fingerprint density at radius 1 is 1.29 bits per heavy atom. The van der Waals surface area contributed by atoms with Crippen LogP contribution in [0.15, 0.2) is 0 Å². The van der Waals surface area contributed by atoms with Gasteiger partial charge in [0, 0.05) is 6.04 Å². The predicted octanol–water partition coefficient (Wildman–Crippen LogP) is 1.48. The highest BCUT2D eigenvalue weighted by Crippen LogP contribution is 2.34. The number of sulfonamides is 1. The molecule has 1 unspecified atom stereocenters. The number of hydrogen-bond donors (Lipinski definition) is 2. The van der Waals surface area contributed by atoms with Crippen LogP contribution in [-0.4, -0.2) is 33.3 Å². The first-order valence-corrected chi connectivity index (χ1v) is 8.43. The zero-order valence-electron chi connectivity index (χ0n) is 11.0. The van der Waals surface area contributed by atoms with Crippen LogP contribution >= 0.6 is 0 Å². The highest BCUT2D eigenvalue weighted by atomic mass is 32.2. The number of rotatable bonds is 10. The van der Waals surface area contributed by atoms with Crippen molar-refractivity contribution in [2.75, 3.05) is 18.8 Å². The van der Waals surface area contributed by atoms with Crippen LogP contribution in [0.5, 0.6) is 0 Å². The molecule has 5 heteroatoms. The third-order valence-electron chi connectivity index (χ3n) is 3.17. The van der Waals surface area contributed by atoms with E-state index in [1.165, 1.54) is 12.8 Å². The molecule has 0 aliphatic heterocycles. The maximum absolute atomic E-state index is 11.8. The third kappa shape index (κ3) is 7.01. The van der Waals surface area contributed by atoms with Gasteiger partial charge in [0.05, 0.1) is 5.75 Å². The minimum absolute atomic E-state index is 0.145. The lowest BCUT2D eigenvalue weighted by Crippen LogP contribution is -2.37. The summed E-state index contributed by atoms with van der Waals surface area (Å²) in [4.78, 5) is 0. The average Bonchev–Trinajstić information content (AvgIpc) is 3.07. The molecule has 1 aliphatic rings. The first kappa shape index (κ1) is 14.9. The van der Waals surface area contributed by atoms with Gasteiger partial charge in [-0.3, -0.25) is 0 Å². The molecular formula is C12H26N2O2S. The fourth-order valence-electron chi connectivity index (χ4n) is 1.93. The highest BCUT2D eigenvalue weighted by Gasteiger charge is 2.26. The van der Waals surface area contributed by atoms with Crippen molar-refractivity contribution in [3.63, 3.8) is 0 Å². The van der Waals surface area contributed by atoms with E-state index in [0.29, 0.717) is 6.42 Å². The quantitative estimate of drug-likeness (QED) is 0.586. The van der Waals surface area contributed by atoms with Crippen molar-refractivity contribution < 1.29 is 8.42 Å². The molecule has 0 amide bonds. The minimum atomic E-state index is -3.08. The van der Waals surface area contributed by atoms with E-state index < -0.39 is 10.0 Å². The summed E-state index contributed by atoms with van der Waals surface area (Å²) in [6.07, 6.45) is 5.15. The molecule has 4 nitrogen and oxygen atoms in total. The molecule has 0 saturated heterocycles. The predicted molar refractivity (Wildman–Crippen MR) is 71.5 cm³/mol. The number of hydrogen-bond acceptors (Lipinski definition) is 3. The van der Waals surface area contributed by atoms with Gasteiger partial charge in [-0.1, -0.05) is 26.7 Å². The van der Waals surface area contributed by atoms with E-state index >= 15 is 0 Å². The first-order chi connectivity index (χ1) is 8.07. The smallest absolute Gasteiger partial charge is 0.211 e. The zero-order chi connectivity index (χ0) is 12.7. The van der Waals surface area contributed by atoms with Crippen LogP contribution in [0, 0.1) is 5.92 Å². The van der Waals surface area contributed by atoms with E-state index in [9.17, 15) is 8.42 Å². The standard InChI is InChI=1S/C12H26N2O2S/c1-3-12(10-11-6-7-11)14-17(15,16)9-5-8-13-4-2/h11-14H,3-10H2,1-2H3. The molecule has 1 fully saturated rings. The van der Waals surface area contributed by atoms with Crippen molar-refractivity contribution in [1.82, 2.24) is 10.0 Å². The van der Waals surface area contributed by atoms with E-state index in [2.05, 4.69) is 10.0 Å². The van der Waals surface area contributed by atoms with Crippen LogP contribution in [-0.2, 0) is 10.0 Å². The molecule has 0 radical (unpaired) electrons. The summed E-state index contributed by atoms with van der Waals surface area (Å²) in [5.74, 6) is 1.01. The first-order valence-electron chi connectivity index (χ1n) is 6.78. The molecule has 1 aliphatic carbocycles. The fourth-order valence-corrected chi connectivity index (χ4v) is 3.34. The topological polar surface area (TPSA) is 58.2 Å². The lowest BCUT2D eigenvalue weighted by molar-refractivity contribution is 0.494. The van der Waals surface area contributed by atoms with Crippen LogP contribution in [0.4, 0.5) is 0 Å². The Balaban J connectivity index is 2.24. The molecule has 2 N–H and O–H groups in total. The van der Waals surface area contributed by atoms with Gasteiger partial charge in [-0.15, -0.1) is 0 Å². The van der Waals surface area contributed by atoms with Crippen molar-refractivity contribution >= 4 is 10.0 Å². The van der Waals surface area contributed by atoms with E-state index in [4.69, 9.17) is 0 Å². The lowest BCUT2D eigenvalue weighted by atomic mass is 10.1. The Bertz CT molecular complexity index is 300. The average molecular weight is 262 g/mol. The van der Waals surface area contributed by atoms with Crippen LogP contribution in [0.2, 0.25) is 0 Å². The summed E-state index contributed by atoms with van der Waals surface area (Å²) in [5.41, 5.74) is 0. The molecule has 1 saturated carbocycles. The largest absolute Gasteiger partial charge is 0.317 e. The second-order valence-corrected chi connectivity index (χ2v) is 6.80. The lowest BCUT2D eigenvalue weighted by Gasteiger charge is -2.16. The third-order valence-corrected chi connectivity index (χ3v) is 4.69. The van der Waals surface area contributed by atoms with Crippen LogP contribution < -0.4 is 10.0 Å². The Morgan fingerprint density at radius 3 is 2.53 bits per heavy atom. The molecule has 0 spiro atoms. The van der Waals surface area contributed by atoms with Crippen molar-refractivity contribution in [3.05, 3.63) is 0 Å². The van der Waals surface area contributed by atoms with Gasteiger partial charge in [0.15, 0.2) is 0 Å². The maximum Gasteiger partial charge on any atom is 0.211 e. The normalized spacial score (nSPS) is 18.2. The molecule has 1 rings (SSSR count). The van der Waals surface area contributed by atoms with Crippen molar-refractivity contribution in [2.24, 2.45) is 5.92 Å². The molecule has 0 heterocycles. The molecule has 17 heavy (non-hydrogen) atoms. The van der Waals surface area contributed by atoms with Crippen molar-refractivity contribution in [3.8, 4) is 0 Å². The Kier molecular flexibility index (Phi) is 6.44. The van der Waals surface area contributed by atoms with Crippen LogP contribution in [0.1, 0.15) is 46.0 Å². The molecular weight excluding hydrogens is 236 g/mol. The fraction of sp³-hybridized carbons (Fsp3) is 1.00. The van der Waals surface area contributed by atoms with Gasteiger partial charge in [-0.05, 0) is 38.3 Å². The molecule has 0 bridgehead atoms. The summed E-state index contributed by atoms with van der Waals surface area (Å²) >= 11 is 0. The van der Waals surface area contributed by atoms with Crippen molar-refractivity contribution in [2.45, 2.75) is 52.0 Å². The van der Waals surface area contributed by atoms with E-state index in [-0.39, 0.29) is 11.8 Å². The van der Waals surface area contributed by atoms with Gasteiger partial charge < -0.3 is 5.32 Å². The summed E-state index contributed by atoms with van der Waals surface area (Å²) < 4.78 is 26.5. The maximum atomic E-state index is 11.8. The van der Waals surface area contributed by atoms with Gasteiger partial charge in [0.25, 0.3) is 0 Å². The Hall–Kier alpha value is -0.130. The van der Waals surface area contributed by atoms with Gasteiger partial charge in [-0.25, -0.2) is 13.1 Å². The van der Waals surface area contributed by atoms with Gasteiger partial charge in [0.2, 0.25) is 10.0 Å². The van der Waals surface area contributed by atoms with Gasteiger partial charge in [-0.2, -0.15) is 0 Å². The monoisotopic (exact) mass is 262 g/mol. The van der Waals surface area contributed by atoms with Gasteiger partial charge in [0.1, 0.15) is 0 Å². The summed E-state index contributed by atoms with van der Waals surface area (Å²) in [7, 11) is -3.08. The van der Waals surface area contributed by atoms with Crippen molar-refractivity contribution in [1.29, 1.82) is 0 Å². The molecule has 102 valence electrons. The summed E-state index contributed by atoms with van der Waals surface area (Å²) in [6.45, 7) is 5.74. The van der Waals surface area contributed by atoms with E-state index in [0.717, 1.165) is 31.8 Å².